The summed E-state index contributed by atoms with van der Waals surface area (Å²) >= 11 is 0. The molecule has 2 fully saturated rings. The highest BCUT2D eigenvalue weighted by molar-refractivity contribution is 6.09. The van der Waals surface area contributed by atoms with E-state index in [2.05, 4.69) is 24.7 Å². The first-order valence-corrected chi connectivity index (χ1v) is 12.1. The smallest absolute Gasteiger partial charge is 0.292 e. The number of halogens is 1. The van der Waals surface area contributed by atoms with E-state index >= 15 is 0 Å². The van der Waals surface area contributed by atoms with Gasteiger partial charge in [-0.15, -0.1) is 5.10 Å². The zero-order valence-corrected chi connectivity index (χ0v) is 20.1. The molecule has 3 aromatic rings. The third-order valence-electron chi connectivity index (χ3n) is 7.05. The summed E-state index contributed by atoms with van der Waals surface area (Å²) in [5.74, 6) is -0.671. The largest absolute Gasteiger partial charge is 0.472 e. The van der Waals surface area contributed by atoms with Crippen LogP contribution < -0.4 is 9.64 Å². The molecular weight excluding hydrogens is 431 g/mol. The highest BCUT2D eigenvalue weighted by Crippen LogP contribution is 2.47. The number of fused-ring (bicyclic) bond motifs is 1. The summed E-state index contributed by atoms with van der Waals surface area (Å²) in [6.07, 6.45) is 7.74. The van der Waals surface area contributed by atoms with Gasteiger partial charge in [0, 0.05) is 7.05 Å². The van der Waals surface area contributed by atoms with Crippen molar-refractivity contribution in [3.63, 3.8) is 0 Å². The van der Waals surface area contributed by atoms with Crippen LogP contribution in [0.25, 0.3) is 11.0 Å². The first kappa shape index (κ1) is 22.6. The fraction of sp³-hybridized carbons (Fsp3) is 0.444. The second-order valence-corrected chi connectivity index (χ2v) is 9.66. The monoisotopic (exact) mass is 462 g/mol. The number of hydrogen-bond acceptors (Lipinski definition) is 4. The van der Waals surface area contributed by atoms with E-state index in [1.54, 1.807) is 10.7 Å². The minimum absolute atomic E-state index is 0.113. The predicted molar refractivity (Wildman–Crippen MR) is 131 cm³/mol. The molecule has 0 N–H and O–H groups in total. The van der Waals surface area contributed by atoms with Gasteiger partial charge < -0.3 is 4.74 Å². The van der Waals surface area contributed by atoms with E-state index in [4.69, 9.17) is 9.72 Å². The number of amides is 1. The van der Waals surface area contributed by atoms with Crippen LogP contribution in [0.3, 0.4) is 0 Å². The van der Waals surface area contributed by atoms with Crippen molar-refractivity contribution < 1.29 is 13.9 Å². The number of anilines is 2. The lowest BCUT2D eigenvalue weighted by molar-refractivity contribution is -0.115. The quantitative estimate of drug-likeness (QED) is 0.402. The summed E-state index contributed by atoms with van der Waals surface area (Å²) in [6, 6.07) is 7.67. The lowest BCUT2D eigenvalue weighted by Crippen LogP contribution is -2.28. The number of aryl methyl sites for hydroxylation is 3. The van der Waals surface area contributed by atoms with Crippen LogP contribution in [-0.4, -0.2) is 26.8 Å². The van der Waals surface area contributed by atoms with Crippen LogP contribution in [0.4, 0.5) is 15.9 Å². The van der Waals surface area contributed by atoms with E-state index in [1.165, 1.54) is 11.3 Å². The van der Waals surface area contributed by atoms with E-state index < -0.39 is 11.7 Å². The van der Waals surface area contributed by atoms with Gasteiger partial charge in [0.15, 0.2) is 11.3 Å². The molecule has 2 aliphatic carbocycles. The van der Waals surface area contributed by atoms with E-state index in [1.807, 2.05) is 26.1 Å². The number of carbonyl (C=O) groups excluding carboxylic acids is 1. The molecule has 0 unspecified atom stereocenters. The summed E-state index contributed by atoms with van der Waals surface area (Å²) in [6.45, 7) is 7.34. The van der Waals surface area contributed by atoms with Gasteiger partial charge in [-0.3, -0.25) is 14.4 Å². The molecule has 2 saturated carbocycles. The lowest BCUT2D eigenvalue weighted by atomic mass is 9.98. The summed E-state index contributed by atoms with van der Waals surface area (Å²) in [5.41, 5.74) is 5.26. The number of ether oxygens (including phenoxy) is 1. The Hall–Kier alpha value is -3.22. The van der Waals surface area contributed by atoms with E-state index in [9.17, 15) is 9.18 Å². The number of benzene rings is 1. The molecule has 0 bridgehead atoms. The molecular formula is C27H31FN4O2. The number of hydrogen-bond donors (Lipinski definition) is 0. The van der Waals surface area contributed by atoms with Crippen LogP contribution in [0.5, 0.6) is 5.88 Å². The van der Waals surface area contributed by atoms with Gasteiger partial charge in [0.1, 0.15) is 11.9 Å². The van der Waals surface area contributed by atoms with Gasteiger partial charge in [0.05, 0.1) is 11.2 Å². The molecule has 2 aliphatic rings. The summed E-state index contributed by atoms with van der Waals surface area (Å²) < 4.78 is 22.3. The first-order chi connectivity index (χ1) is 16.3. The molecule has 2 aromatic heterocycles. The van der Waals surface area contributed by atoms with Gasteiger partial charge in [-0.2, -0.15) is 0 Å². The van der Waals surface area contributed by atoms with Crippen molar-refractivity contribution in [2.75, 3.05) is 4.90 Å². The van der Waals surface area contributed by atoms with Gasteiger partial charge in [0.2, 0.25) is 0 Å². The van der Waals surface area contributed by atoms with Crippen molar-refractivity contribution in [3.05, 3.63) is 53.4 Å². The second-order valence-electron chi connectivity index (χ2n) is 9.66. The van der Waals surface area contributed by atoms with E-state index in [0.29, 0.717) is 28.8 Å². The summed E-state index contributed by atoms with van der Waals surface area (Å²) in [5, 5.41) is 4.56. The predicted octanol–water partition coefficient (Wildman–Crippen LogP) is 6.32. The molecule has 0 atom stereocenters. The van der Waals surface area contributed by atoms with Gasteiger partial charge in [-0.25, -0.2) is 9.37 Å². The number of carbonyl (C=O) groups is 1. The highest BCUT2D eigenvalue weighted by Gasteiger charge is 2.32. The normalized spacial score (nSPS) is 16.6. The molecule has 6 nitrogen and oxygen atoms in total. The average Bonchev–Trinajstić information content (AvgIpc) is 3.62. The molecule has 0 radical (unpaired) electrons. The number of aromatic nitrogens is 3. The number of nitrogens with zero attached hydrogens (tertiary/aromatic N) is 4. The zero-order valence-electron chi connectivity index (χ0n) is 20.1. The Kier molecular flexibility index (Phi) is 5.88. The van der Waals surface area contributed by atoms with E-state index in [0.717, 1.165) is 60.7 Å². The molecule has 7 heteroatoms. The van der Waals surface area contributed by atoms with Crippen LogP contribution in [0, 0.1) is 13.8 Å². The SMILES string of the molecule is C=C(F)C(=O)N(c1ccc2c(n1)c(OC1CCCCC1)nn2C)c1cc(C)c(C)cc1C1CC1. The van der Waals surface area contributed by atoms with Gasteiger partial charge in [0.25, 0.3) is 11.8 Å². The van der Waals surface area contributed by atoms with Crippen molar-refractivity contribution in [2.24, 2.45) is 7.05 Å². The van der Waals surface area contributed by atoms with Crippen molar-refractivity contribution in [1.82, 2.24) is 14.8 Å². The Morgan fingerprint density at radius 2 is 1.82 bits per heavy atom. The molecule has 2 heterocycles. The molecule has 0 saturated heterocycles. The fourth-order valence-electron chi connectivity index (χ4n) is 4.84. The lowest BCUT2D eigenvalue weighted by Gasteiger charge is -2.25. The second kappa shape index (κ2) is 8.85. The van der Waals surface area contributed by atoms with Crippen molar-refractivity contribution in [1.29, 1.82) is 0 Å². The Morgan fingerprint density at radius 1 is 1.12 bits per heavy atom. The maximum Gasteiger partial charge on any atom is 0.292 e. The highest BCUT2D eigenvalue weighted by atomic mass is 19.1. The summed E-state index contributed by atoms with van der Waals surface area (Å²) in [4.78, 5) is 19.3. The molecule has 0 spiro atoms. The van der Waals surface area contributed by atoms with Crippen molar-refractivity contribution >= 4 is 28.4 Å². The molecule has 34 heavy (non-hydrogen) atoms. The Morgan fingerprint density at radius 3 is 2.50 bits per heavy atom. The zero-order chi connectivity index (χ0) is 24.0. The maximum absolute atomic E-state index is 14.3. The van der Waals surface area contributed by atoms with Crippen molar-refractivity contribution in [3.8, 4) is 5.88 Å². The molecule has 1 aromatic carbocycles. The minimum atomic E-state index is -1.02. The topological polar surface area (TPSA) is 60.3 Å². The van der Waals surface area contributed by atoms with Gasteiger partial charge >= 0.3 is 0 Å². The van der Waals surface area contributed by atoms with Crippen molar-refractivity contribution in [2.45, 2.75) is 70.8 Å². The Bertz CT molecular complexity index is 1270. The molecule has 178 valence electrons. The fourth-order valence-corrected chi connectivity index (χ4v) is 4.84. The maximum atomic E-state index is 14.3. The number of pyridine rings is 1. The molecule has 5 rings (SSSR count). The van der Waals surface area contributed by atoms with Crippen LogP contribution in [0.15, 0.2) is 36.7 Å². The molecule has 1 amide bonds. The van der Waals surface area contributed by atoms with Crippen LogP contribution in [0.1, 0.15) is 67.6 Å². The third kappa shape index (κ3) is 4.19. The average molecular weight is 463 g/mol. The standard InChI is InChI=1S/C27H31FN4O2/c1-16-14-21(19-10-11-19)23(15-17(16)2)32(27(33)18(3)28)24-13-12-22-25(29-24)26(30-31(22)4)34-20-8-6-5-7-9-20/h12-15,19-20H,3,5-11H2,1-2,4H3. The van der Waals surface area contributed by atoms with Crippen LogP contribution in [-0.2, 0) is 11.8 Å². The number of rotatable bonds is 6. The van der Waals surface area contributed by atoms with E-state index in [-0.39, 0.29) is 6.10 Å². The summed E-state index contributed by atoms with van der Waals surface area (Å²) in [7, 11) is 1.85. The van der Waals surface area contributed by atoms with Crippen LogP contribution >= 0.6 is 0 Å². The van der Waals surface area contributed by atoms with Gasteiger partial charge in [-0.1, -0.05) is 19.1 Å². The third-order valence-corrected chi connectivity index (χ3v) is 7.05. The first-order valence-electron chi connectivity index (χ1n) is 12.1. The molecule has 0 aliphatic heterocycles. The minimum Gasteiger partial charge on any atom is -0.472 e. The van der Waals surface area contributed by atoms with Crippen LogP contribution in [0.2, 0.25) is 0 Å². The Labute approximate surface area is 199 Å². The Balaban J connectivity index is 1.62. The van der Waals surface area contributed by atoms with Gasteiger partial charge in [-0.05, 0) is 93.2 Å².